The number of hydrogen-bond donors (Lipinski definition) is 0. The molecule has 0 radical (unpaired) electrons. The van der Waals surface area contributed by atoms with Crippen molar-refractivity contribution in [3.63, 3.8) is 0 Å². The molecule has 0 aromatic carbocycles. The molecule has 13 heavy (non-hydrogen) atoms. The highest BCUT2D eigenvalue weighted by molar-refractivity contribution is 6.20. The van der Waals surface area contributed by atoms with Crippen molar-refractivity contribution in [1.29, 1.82) is 0 Å². The van der Waals surface area contributed by atoms with E-state index in [0.717, 1.165) is 19.3 Å². The van der Waals surface area contributed by atoms with Crippen molar-refractivity contribution in [2.75, 3.05) is 6.61 Å². The molecule has 2 nitrogen and oxygen atoms in total. The number of carbonyl (C=O) groups excluding carboxylic acids is 1. The number of esters is 1. The Morgan fingerprint density at radius 1 is 1.62 bits per heavy atom. The van der Waals surface area contributed by atoms with E-state index in [4.69, 9.17) is 16.3 Å². The van der Waals surface area contributed by atoms with Crippen molar-refractivity contribution in [1.82, 2.24) is 0 Å². The van der Waals surface area contributed by atoms with Crippen LogP contribution in [0, 0.1) is 0 Å². The molecule has 0 saturated carbocycles. The number of rotatable bonds is 6. The van der Waals surface area contributed by atoms with E-state index < -0.39 is 0 Å². The van der Waals surface area contributed by atoms with Crippen molar-refractivity contribution >= 4 is 17.6 Å². The summed E-state index contributed by atoms with van der Waals surface area (Å²) in [5, 5.41) is -0.0664. The van der Waals surface area contributed by atoms with Crippen molar-refractivity contribution in [3.05, 3.63) is 12.2 Å². The maximum atomic E-state index is 10.9. The fourth-order valence-electron chi connectivity index (χ4n) is 0.798. The van der Waals surface area contributed by atoms with Gasteiger partial charge in [-0.15, -0.1) is 11.6 Å². The lowest BCUT2D eigenvalue weighted by atomic mass is 10.2. The van der Waals surface area contributed by atoms with Gasteiger partial charge in [-0.1, -0.05) is 26.3 Å². The number of halogens is 1. The molecule has 0 rings (SSSR count). The van der Waals surface area contributed by atoms with E-state index in [1.807, 2.05) is 0 Å². The highest BCUT2D eigenvalue weighted by atomic mass is 35.5. The Kier molecular flexibility index (Phi) is 6.69. The van der Waals surface area contributed by atoms with Crippen molar-refractivity contribution < 1.29 is 9.53 Å². The van der Waals surface area contributed by atoms with Gasteiger partial charge in [-0.25, -0.2) is 4.79 Å². The molecule has 0 fully saturated rings. The summed E-state index contributed by atoms with van der Waals surface area (Å²) in [5.74, 6) is -0.359. The van der Waals surface area contributed by atoms with Crippen LogP contribution in [0.3, 0.4) is 0 Å². The standard InChI is InChI=1S/C10H17ClO2/c1-4-5-6-9(11)7-13-10(12)8(2)3/h9H,2,4-7H2,1,3H3. The van der Waals surface area contributed by atoms with Crippen LogP contribution in [0.2, 0.25) is 0 Å². The predicted octanol–water partition coefficient (Wildman–Crippen LogP) is 2.90. The van der Waals surface area contributed by atoms with E-state index in [1.54, 1.807) is 6.92 Å². The molecule has 0 spiro atoms. The molecule has 1 unspecified atom stereocenters. The van der Waals surface area contributed by atoms with Gasteiger partial charge in [0.25, 0.3) is 0 Å². The van der Waals surface area contributed by atoms with Gasteiger partial charge in [0.05, 0.1) is 5.38 Å². The van der Waals surface area contributed by atoms with Crippen molar-refractivity contribution in [2.24, 2.45) is 0 Å². The van der Waals surface area contributed by atoms with Crippen LogP contribution in [-0.4, -0.2) is 18.0 Å². The highest BCUT2D eigenvalue weighted by Crippen LogP contribution is 2.08. The van der Waals surface area contributed by atoms with Gasteiger partial charge < -0.3 is 4.74 Å². The quantitative estimate of drug-likeness (QED) is 0.378. The van der Waals surface area contributed by atoms with Crippen LogP contribution in [0.25, 0.3) is 0 Å². The number of ether oxygens (including phenoxy) is 1. The topological polar surface area (TPSA) is 26.3 Å². The van der Waals surface area contributed by atoms with Crippen molar-refractivity contribution in [3.8, 4) is 0 Å². The van der Waals surface area contributed by atoms with Crippen LogP contribution in [0.5, 0.6) is 0 Å². The molecule has 76 valence electrons. The first-order valence-electron chi connectivity index (χ1n) is 4.54. The summed E-state index contributed by atoms with van der Waals surface area (Å²) < 4.78 is 4.89. The number of unbranched alkanes of at least 4 members (excludes halogenated alkanes) is 1. The maximum Gasteiger partial charge on any atom is 0.333 e. The predicted molar refractivity (Wildman–Crippen MR) is 54.9 cm³/mol. The second kappa shape index (κ2) is 6.96. The molecule has 3 heteroatoms. The highest BCUT2D eigenvalue weighted by Gasteiger charge is 2.08. The molecule has 0 saturated heterocycles. The fourth-order valence-corrected chi connectivity index (χ4v) is 1.02. The Morgan fingerprint density at radius 3 is 2.69 bits per heavy atom. The summed E-state index contributed by atoms with van der Waals surface area (Å²) >= 11 is 5.90. The van der Waals surface area contributed by atoms with Gasteiger partial charge >= 0.3 is 5.97 Å². The van der Waals surface area contributed by atoms with Gasteiger partial charge in [-0.2, -0.15) is 0 Å². The third-order valence-electron chi connectivity index (χ3n) is 1.61. The van der Waals surface area contributed by atoms with Gasteiger partial charge in [0.1, 0.15) is 6.61 Å². The molecule has 0 bridgehead atoms. The van der Waals surface area contributed by atoms with Gasteiger partial charge in [-0.3, -0.25) is 0 Å². The third-order valence-corrected chi connectivity index (χ3v) is 1.96. The SMILES string of the molecule is C=C(C)C(=O)OCC(Cl)CCCC. The molecule has 0 aliphatic rings. The smallest absolute Gasteiger partial charge is 0.333 e. The van der Waals surface area contributed by atoms with E-state index in [1.165, 1.54) is 0 Å². The molecule has 0 aliphatic carbocycles. The van der Waals surface area contributed by atoms with Gasteiger partial charge in [0.15, 0.2) is 0 Å². The molecule has 0 aromatic rings. The van der Waals surface area contributed by atoms with Crippen LogP contribution in [0.4, 0.5) is 0 Å². The lowest BCUT2D eigenvalue weighted by Gasteiger charge is -2.09. The van der Waals surface area contributed by atoms with E-state index in [0.29, 0.717) is 5.57 Å². The van der Waals surface area contributed by atoms with Crippen LogP contribution >= 0.6 is 11.6 Å². The average molecular weight is 205 g/mol. The van der Waals surface area contributed by atoms with Gasteiger partial charge in [0, 0.05) is 5.57 Å². The van der Waals surface area contributed by atoms with E-state index >= 15 is 0 Å². The summed E-state index contributed by atoms with van der Waals surface area (Å²) in [5.41, 5.74) is 0.416. The van der Waals surface area contributed by atoms with Crippen LogP contribution < -0.4 is 0 Å². The fraction of sp³-hybridized carbons (Fsp3) is 0.700. The van der Waals surface area contributed by atoms with E-state index in [9.17, 15) is 4.79 Å². The summed E-state index contributed by atoms with van der Waals surface area (Å²) in [6.07, 6.45) is 3.07. The Labute approximate surface area is 84.9 Å². The first kappa shape index (κ1) is 12.5. The zero-order valence-electron chi connectivity index (χ0n) is 8.31. The van der Waals surface area contributed by atoms with E-state index in [-0.39, 0.29) is 18.0 Å². The first-order valence-corrected chi connectivity index (χ1v) is 4.98. The second-order valence-corrected chi connectivity index (χ2v) is 3.74. The lowest BCUT2D eigenvalue weighted by Crippen LogP contribution is -2.14. The monoisotopic (exact) mass is 204 g/mol. The minimum absolute atomic E-state index is 0.0664. The number of alkyl halides is 1. The zero-order chi connectivity index (χ0) is 10.3. The normalized spacial score (nSPS) is 12.2. The summed E-state index contributed by atoms with van der Waals surface area (Å²) in [6.45, 7) is 7.49. The van der Waals surface area contributed by atoms with Crippen LogP contribution in [0.15, 0.2) is 12.2 Å². The Balaban J connectivity index is 3.51. The summed E-state index contributed by atoms with van der Waals surface area (Å²) in [4.78, 5) is 10.9. The molecule has 0 heterocycles. The minimum atomic E-state index is -0.359. The van der Waals surface area contributed by atoms with Gasteiger partial charge in [-0.05, 0) is 13.3 Å². The Hall–Kier alpha value is -0.500. The van der Waals surface area contributed by atoms with Crippen molar-refractivity contribution in [2.45, 2.75) is 38.5 Å². The van der Waals surface area contributed by atoms with E-state index in [2.05, 4.69) is 13.5 Å². The zero-order valence-corrected chi connectivity index (χ0v) is 9.06. The third kappa shape index (κ3) is 6.64. The molecule has 0 N–H and O–H groups in total. The second-order valence-electron chi connectivity index (χ2n) is 3.12. The first-order chi connectivity index (χ1) is 6.07. The molecular formula is C10H17ClO2. The molecule has 0 aliphatic heterocycles. The molecule has 0 amide bonds. The molecule has 0 aromatic heterocycles. The number of hydrogen-bond acceptors (Lipinski definition) is 2. The van der Waals surface area contributed by atoms with Crippen LogP contribution in [0.1, 0.15) is 33.1 Å². The summed E-state index contributed by atoms with van der Waals surface area (Å²) in [6, 6.07) is 0. The molecular weight excluding hydrogens is 188 g/mol. The van der Waals surface area contributed by atoms with Gasteiger partial charge in [0.2, 0.25) is 0 Å². The molecule has 1 atom stereocenters. The summed E-state index contributed by atoms with van der Waals surface area (Å²) in [7, 11) is 0. The average Bonchev–Trinajstić information content (AvgIpc) is 2.10. The largest absolute Gasteiger partial charge is 0.461 e. The Morgan fingerprint density at radius 2 is 2.23 bits per heavy atom. The number of carbonyl (C=O) groups is 1. The lowest BCUT2D eigenvalue weighted by molar-refractivity contribution is -0.138. The maximum absolute atomic E-state index is 10.9. The van der Waals surface area contributed by atoms with Crippen LogP contribution in [-0.2, 0) is 9.53 Å². The minimum Gasteiger partial charge on any atom is -0.461 e. The Bertz CT molecular complexity index is 178.